The molecule has 1 N–H and O–H groups in total. The Morgan fingerprint density at radius 3 is 2.86 bits per heavy atom. The SMILES string of the molecule is CN(CC(O)CN1CCOCC1)c1cc(Cl)ccc1C#N. The van der Waals surface area contributed by atoms with E-state index < -0.39 is 6.10 Å². The number of ether oxygens (including phenoxy) is 1. The van der Waals surface area contributed by atoms with Gasteiger partial charge in [0, 0.05) is 38.2 Å². The maximum atomic E-state index is 10.2. The molecule has 0 radical (unpaired) electrons. The zero-order chi connectivity index (χ0) is 15.2. The molecule has 6 heteroatoms. The van der Waals surface area contributed by atoms with Gasteiger partial charge in [0.2, 0.25) is 0 Å². The van der Waals surface area contributed by atoms with Gasteiger partial charge in [-0.15, -0.1) is 0 Å². The standard InChI is InChI=1S/C15H20ClN3O2/c1-18(15-8-13(16)3-2-12(15)9-17)10-14(20)11-19-4-6-21-7-5-19/h2-3,8,14,20H,4-7,10-11H2,1H3. The van der Waals surface area contributed by atoms with Crippen molar-refractivity contribution in [3.63, 3.8) is 0 Å². The summed E-state index contributed by atoms with van der Waals surface area (Å²) in [5.41, 5.74) is 1.30. The quantitative estimate of drug-likeness (QED) is 0.889. The minimum absolute atomic E-state index is 0.451. The first-order chi connectivity index (χ1) is 10.1. The van der Waals surface area contributed by atoms with Crippen molar-refractivity contribution in [3.05, 3.63) is 28.8 Å². The normalized spacial score (nSPS) is 17.2. The number of aliphatic hydroxyl groups is 1. The van der Waals surface area contributed by atoms with Crippen LogP contribution in [0.5, 0.6) is 0 Å². The van der Waals surface area contributed by atoms with E-state index in [9.17, 15) is 5.11 Å². The van der Waals surface area contributed by atoms with Gasteiger partial charge in [-0.3, -0.25) is 4.90 Å². The monoisotopic (exact) mass is 309 g/mol. The third-order valence-electron chi connectivity index (χ3n) is 3.55. The average molecular weight is 310 g/mol. The molecule has 1 atom stereocenters. The molecule has 1 unspecified atom stereocenters. The number of morpholine rings is 1. The summed E-state index contributed by atoms with van der Waals surface area (Å²) >= 11 is 5.99. The van der Waals surface area contributed by atoms with Crippen molar-refractivity contribution in [3.8, 4) is 6.07 Å². The van der Waals surface area contributed by atoms with Crippen LogP contribution in [0.1, 0.15) is 5.56 Å². The molecule has 21 heavy (non-hydrogen) atoms. The van der Waals surface area contributed by atoms with Crippen LogP contribution in [-0.2, 0) is 4.74 Å². The molecule has 0 aliphatic carbocycles. The highest BCUT2D eigenvalue weighted by atomic mass is 35.5. The molecule has 0 spiro atoms. The zero-order valence-electron chi connectivity index (χ0n) is 12.1. The summed E-state index contributed by atoms with van der Waals surface area (Å²) in [5, 5.41) is 20.0. The molecule has 114 valence electrons. The summed E-state index contributed by atoms with van der Waals surface area (Å²) < 4.78 is 5.29. The fourth-order valence-electron chi connectivity index (χ4n) is 2.47. The van der Waals surface area contributed by atoms with Crippen LogP contribution in [0.25, 0.3) is 0 Å². The van der Waals surface area contributed by atoms with Gasteiger partial charge in [0.05, 0.1) is 30.6 Å². The van der Waals surface area contributed by atoms with E-state index in [0.29, 0.717) is 23.7 Å². The summed E-state index contributed by atoms with van der Waals surface area (Å²) in [4.78, 5) is 4.06. The number of nitrogens with zero attached hydrogens (tertiary/aromatic N) is 3. The van der Waals surface area contributed by atoms with Crippen molar-refractivity contribution in [2.75, 3.05) is 51.3 Å². The maximum absolute atomic E-state index is 10.2. The second-order valence-corrected chi connectivity index (χ2v) is 5.66. The van der Waals surface area contributed by atoms with E-state index in [1.54, 1.807) is 18.2 Å². The molecule has 0 aromatic heterocycles. The average Bonchev–Trinajstić information content (AvgIpc) is 2.48. The molecule has 1 heterocycles. The number of rotatable bonds is 5. The van der Waals surface area contributed by atoms with Crippen molar-refractivity contribution in [1.82, 2.24) is 4.90 Å². The Kier molecular flexibility index (Phi) is 5.83. The highest BCUT2D eigenvalue weighted by molar-refractivity contribution is 6.30. The van der Waals surface area contributed by atoms with Crippen LogP contribution in [0.2, 0.25) is 5.02 Å². The van der Waals surface area contributed by atoms with Gasteiger partial charge in [-0.05, 0) is 18.2 Å². The topological polar surface area (TPSA) is 59.7 Å². The van der Waals surface area contributed by atoms with Crippen LogP contribution in [0, 0.1) is 11.3 Å². The van der Waals surface area contributed by atoms with Gasteiger partial charge in [-0.25, -0.2) is 0 Å². The lowest BCUT2D eigenvalue weighted by Gasteiger charge is -2.30. The summed E-state index contributed by atoms with van der Waals surface area (Å²) in [6, 6.07) is 7.29. The summed E-state index contributed by atoms with van der Waals surface area (Å²) in [5.74, 6) is 0. The fourth-order valence-corrected chi connectivity index (χ4v) is 2.64. The summed E-state index contributed by atoms with van der Waals surface area (Å²) in [6.45, 7) is 4.19. The Balaban J connectivity index is 1.95. The van der Waals surface area contributed by atoms with E-state index in [0.717, 1.165) is 32.0 Å². The number of hydrogen-bond acceptors (Lipinski definition) is 5. The zero-order valence-corrected chi connectivity index (χ0v) is 12.9. The molecule has 1 aliphatic rings. The second-order valence-electron chi connectivity index (χ2n) is 5.22. The Morgan fingerprint density at radius 2 is 2.19 bits per heavy atom. The van der Waals surface area contributed by atoms with Crippen LogP contribution in [0.3, 0.4) is 0 Å². The molecule has 0 saturated carbocycles. The predicted octanol–water partition coefficient (Wildman–Crippen LogP) is 1.34. The minimum Gasteiger partial charge on any atom is -0.390 e. The smallest absolute Gasteiger partial charge is 0.101 e. The molecular weight excluding hydrogens is 290 g/mol. The molecule has 1 fully saturated rings. The van der Waals surface area contributed by atoms with E-state index in [-0.39, 0.29) is 0 Å². The highest BCUT2D eigenvalue weighted by Crippen LogP contribution is 2.23. The Labute approximate surface area is 130 Å². The number of hydrogen-bond donors (Lipinski definition) is 1. The summed E-state index contributed by atoms with van der Waals surface area (Å²) in [7, 11) is 1.86. The van der Waals surface area contributed by atoms with Crippen molar-refractivity contribution < 1.29 is 9.84 Å². The highest BCUT2D eigenvalue weighted by Gasteiger charge is 2.17. The number of nitriles is 1. The van der Waals surface area contributed by atoms with Gasteiger partial charge in [-0.1, -0.05) is 11.6 Å². The van der Waals surface area contributed by atoms with Gasteiger partial charge >= 0.3 is 0 Å². The molecule has 0 amide bonds. The Morgan fingerprint density at radius 1 is 1.48 bits per heavy atom. The van der Waals surface area contributed by atoms with Gasteiger partial charge in [-0.2, -0.15) is 5.26 Å². The van der Waals surface area contributed by atoms with Crippen LogP contribution in [0.15, 0.2) is 18.2 Å². The Hall–Kier alpha value is -1.32. The molecule has 1 aromatic carbocycles. The molecule has 1 saturated heterocycles. The van der Waals surface area contributed by atoms with Crippen LogP contribution < -0.4 is 4.90 Å². The van der Waals surface area contributed by atoms with Crippen molar-refractivity contribution in [1.29, 1.82) is 5.26 Å². The number of likely N-dealkylation sites (N-methyl/N-ethyl adjacent to an activating group) is 1. The lowest BCUT2D eigenvalue weighted by Crippen LogP contribution is -2.44. The third kappa shape index (κ3) is 4.58. The van der Waals surface area contributed by atoms with Crippen LogP contribution in [0.4, 0.5) is 5.69 Å². The lowest BCUT2D eigenvalue weighted by atomic mass is 10.1. The molecule has 2 rings (SSSR count). The van der Waals surface area contributed by atoms with Gasteiger partial charge in [0.25, 0.3) is 0 Å². The largest absolute Gasteiger partial charge is 0.390 e. The number of anilines is 1. The van der Waals surface area contributed by atoms with Crippen molar-refractivity contribution in [2.45, 2.75) is 6.10 Å². The van der Waals surface area contributed by atoms with E-state index in [4.69, 9.17) is 21.6 Å². The minimum atomic E-state index is -0.487. The number of β-amino-alcohol motifs (C(OH)–C–C–N with tert-alkyl or cyclic N) is 1. The van der Waals surface area contributed by atoms with Gasteiger partial charge in [0.1, 0.15) is 6.07 Å². The van der Waals surface area contributed by atoms with Crippen molar-refractivity contribution >= 4 is 17.3 Å². The molecule has 1 aromatic rings. The Bertz CT molecular complexity index is 512. The molecule has 5 nitrogen and oxygen atoms in total. The van der Waals surface area contributed by atoms with Crippen LogP contribution >= 0.6 is 11.6 Å². The van der Waals surface area contributed by atoms with E-state index >= 15 is 0 Å². The van der Waals surface area contributed by atoms with Gasteiger partial charge < -0.3 is 14.7 Å². The first kappa shape index (κ1) is 16.1. The van der Waals surface area contributed by atoms with E-state index in [2.05, 4.69) is 11.0 Å². The maximum Gasteiger partial charge on any atom is 0.101 e. The summed E-state index contributed by atoms with van der Waals surface area (Å²) in [6.07, 6.45) is -0.487. The van der Waals surface area contributed by atoms with E-state index in [1.807, 2.05) is 11.9 Å². The van der Waals surface area contributed by atoms with Crippen molar-refractivity contribution in [2.24, 2.45) is 0 Å². The number of benzene rings is 1. The van der Waals surface area contributed by atoms with Gasteiger partial charge in [0.15, 0.2) is 0 Å². The number of aliphatic hydroxyl groups excluding tert-OH is 1. The third-order valence-corrected chi connectivity index (χ3v) is 3.78. The fraction of sp³-hybridized carbons (Fsp3) is 0.533. The van der Waals surface area contributed by atoms with Crippen LogP contribution in [-0.4, -0.2) is 62.6 Å². The molecular formula is C15H20ClN3O2. The first-order valence-electron chi connectivity index (χ1n) is 6.99. The second kappa shape index (κ2) is 7.62. The van der Waals surface area contributed by atoms with E-state index in [1.165, 1.54) is 0 Å². The molecule has 0 bridgehead atoms. The number of halogens is 1. The lowest BCUT2D eigenvalue weighted by molar-refractivity contribution is 0.0162. The predicted molar refractivity (Wildman–Crippen MR) is 82.7 cm³/mol. The molecule has 1 aliphatic heterocycles. The first-order valence-corrected chi connectivity index (χ1v) is 7.37.